The van der Waals surface area contributed by atoms with Gasteiger partial charge in [0, 0.05) is 0 Å². The zero-order valence-electron chi connectivity index (χ0n) is 3.50. The zero-order valence-corrected chi connectivity index (χ0v) is 4.39. The van der Waals surface area contributed by atoms with E-state index < -0.39 is 8.38 Å². The lowest BCUT2D eigenvalue weighted by Gasteiger charge is -1.85. The Balaban J connectivity index is 3.03. The Hall–Kier alpha value is 0.0900. The molecule has 3 heteroatoms. The molecule has 0 bridgehead atoms. The second kappa shape index (κ2) is 3.29. The maximum Gasteiger partial charge on any atom is 0.191 e. The van der Waals surface area contributed by atoms with Crippen molar-refractivity contribution in [2.75, 3.05) is 0 Å². The summed E-state index contributed by atoms with van der Waals surface area (Å²) in [5.41, 5.74) is 0. The van der Waals surface area contributed by atoms with Crippen molar-refractivity contribution in [3.63, 3.8) is 0 Å². The van der Waals surface area contributed by atoms with Gasteiger partial charge in [-0.25, -0.2) is 0 Å². The van der Waals surface area contributed by atoms with Crippen molar-refractivity contribution >= 4 is 8.38 Å². The first-order valence-electron chi connectivity index (χ1n) is 1.57. The van der Waals surface area contributed by atoms with Gasteiger partial charge in [0.2, 0.25) is 0 Å². The highest BCUT2D eigenvalue weighted by molar-refractivity contribution is 7.48. The van der Waals surface area contributed by atoms with Crippen molar-refractivity contribution in [1.29, 1.82) is 0 Å². The fourth-order valence-electron chi connectivity index (χ4n) is 0.133. The first kappa shape index (κ1) is 6.09. The van der Waals surface area contributed by atoms with Gasteiger partial charge in [-0.2, -0.15) is 0 Å². The molecule has 0 heterocycles. The fourth-order valence-corrected chi connectivity index (χ4v) is 0.400. The second-order valence-electron chi connectivity index (χ2n) is 0.803. The lowest BCUT2D eigenvalue weighted by Crippen LogP contribution is -1.54. The maximum absolute atomic E-state index is 8.09. The van der Waals surface area contributed by atoms with E-state index in [1.807, 2.05) is 0 Å². The lowest BCUT2D eigenvalue weighted by molar-refractivity contribution is 0.496. The van der Waals surface area contributed by atoms with E-state index in [9.17, 15) is 0 Å². The van der Waals surface area contributed by atoms with Crippen molar-refractivity contribution in [2.24, 2.45) is 0 Å². The minimum absolute atomic E-state index is 1.34. The molecule has 0 saturated heterocycles. The van der Waals surface area contributed by atoms with Gasteiger partial charge in [-0.3, -0.25) is 0 Å². The topological polar surface area (TPSA) is 40.5 Å². The van der Waals surface area contributed by atoms with Crippen LogP contribution in [0.25, 0.3) is 0 Å². The Morgan fingerprint density at radius 3 is 2.00 bits per heavy atom. The summed E-state index contributed by atoms with van der Waals surface area (Å²) in [6, 6.07) is 0. The fraction of sp³-hybridized carbons (Fsp3) is 0.333. The van der Waals surface area contributed by atoms with Crippen molar-refractivity contribution in [2.45, 2.75) is 6.92 Å². The van der Waals surface area contributed by atoms with E-state index in [-0.39, 0.29) is 0 Å². The zero-order chi connectivity index (χ0) is 4.99. The van der Waals surface area contributed by atoms with Gasteiger partial charge in [-0.15, -0.1) is 0 Å². The molecule has 2 N–H and O–H groups in total. The van der Waals surface area contributed by atoms with Crippen molar-refractivity contribution in [1.82, 2.24) is 0 Å². The normalized spacial score (nSPS) is 11.3. The van der Waals surface area contributed by atoms with Gasteiger partial charge in [-0.05, 0) is 12.7 Å². The number of hydrogen-bond acceptors (Lipinski definition) is 2. The van der Waals surface area contributed by atoms with Gasteiger partial charge in [0.05, 0.1) is 0 Å². The molecule has 0 aliphatic heterocycles. The van der Waals surface area contributed by atoms with Crippen molar-refractivity contribution in [3.8, 4) is 0 Å². The van der Waals surface area contributed by atoms with Crippen LogP contribution in [0.3, 0.4) is 0 Å². The Morgan fingerprint density at radius 2 is 2.00 bits per heavy atom. The average molecular weight is 106 g/mol. The van der Waals surface area contributed by atoms with Gasteiger partial charge in [0.15, 0.2) is 8.38 Å². The minimum atomic E-state index is -1.78. The molecule has 0 aromatic heterocycles. The summed E-state index contributed by atoms with van der Waals surface area (Å²) in [6.07, 6.45) is 1.60. The van der Waals surface area contributed by atoms with Crippen LogP contribution in [0, 0.1) is 0 Å². The van der Waals surface area contributed by atoms with Gasteiger partial charge in [0.1, 0.15) is 0 Å². The van der Waals surface area contributed by atoms with Gasteiger partial charge >= 0.3 is 0 Å². The third-order valence-corrected chi connectivity index (χ3v) is 0.847. The van der Waals surface area contributed by atoms with Crippen LogP contribution in [0.1, 0.15) is 6.92 Å². The number of rotatable bonds is 1. The Kier molecular flexibility index (Phi) is 3.34. The summed E-state index contributed by atoms with van der Waals surface area (Å²) < 4.78 is 0. The molecule has 0 fully saturated rings. The largest absolute Gasteiger partial charge is 0.347 e. The van der Waals surface area contributed by atoms with Gasteiger partial charge in [-0.1, -0.05) is 6.08 Å². The summed E-state index contributed by atoms with van der Waals surface area (Å²) in [5.74, 6) is 1.34. The highest BCUT2D eigenvalue weighted by Gasteiger charge is 1.81. The lowest BCUT2D eigenvalue weighted by atomic mass is 10.8. The van der Waals surface area contributed by atoms with E-state index in [1.54, 1.807) is 13.0 Å². The molecule has 0 amide bonds. The molecule has 0 radical (unpaired) electrons. The van der Waals surface area contributed by atoms with Crippen LogP contribution in [0.2, 0.25) is 0 Å². The smallest absolute Gasteiger partial charge is 0.191 e. The van der Waals surface area contributed by atoms with Crippen LogP contribution in [0.4, 0.5) is 0 Å². The average Bonchev–Trinajstić information content (AvgIpc) is 1.35. The highest BCUT2D eigenvalue weighted by Crippen LogP contribution is 2.23. The standard InChI is InChI=1S/C3H7O2P/c1-2-3-6(4)5/h2-5H,1H3/b3-2-. The SMILES string of the molecule is C/C=C\P(O)O. The summed E-state index contributed by atoms with van der Waals surface area (Å²) in [5, 5.41) is 0. The van der Waals surface area contributed by atoms with E-state index in [0.29, 0.717) is 0 Å². The predicted octanol–water partition coefficient (Wildman–Crippen LogP) is 0.817. The quantitative estimate of drug-likeness (QED) is 0.486. The molecule has 0 saturated carbocycles. The predicted molar refractivity (Wildman–Crippen MR) is 26.2 cm³/mol. The summed E-state index contributed by atoms with van der Waals surface area (Å²) in [6.45, 7) is 1.74. The van der Waals surface area contributed by atoms with Gasteiger partial charge < -0.3 is 9.79 Å². The van der Waals surface area contributed by atoms with E-state index in [4.69, 9.17) is 9.79 Å². The Bertz CT molecular complexity index is 50.8. The van der Waals surface area contributed by atoms with Crippen LogP contribution >= 0.6 is 8.38 Å². The molecule has 0 aliphatic carbocycles. The molecule has 6 heavy (non-hydrogen) atoms. The molecular formula is C3H7O2P. The molecule has 0 atom stereocenters. The van der Waals surface area contributed by atoms with Crippen LogP contribution in [0.5, 0.6) is 0 Å². The molecule has 0 rings (SSSR count). The Labute approximate surface area is 38.0 Å². The van der Waals surface area contributed by atoms with Crippen molar-refractivity contribution in [3.05, 3.63) is 11.9 Å². The van der Waals surface area contributed by atoms with E-state index in [2.05, 4.69) is 0 Å². The monoisotopic (exact) mass is 106 g/mol. The summed E-state index contributed by atoms with van der Waals surface area (Å²) in [4.78, 5) is 16.2. The molecule has 0 unspecified atom stereocenters. The van der Waals surface area contributed by atoms with Crippen molar-refractivity contribution < 1.29 is 9.79 Å². The van der Waals surface area contributed by atoms with E-state index >= 15 is 0 Å². The summed E-state index contributed by atoms with van der Waals surface area (Å²) in [7, 11) is -1.78. The molecule has 0 aromatic carbocycles. The van der Waals surface area contributed by atoms with E-state index in [1.165, 1.54) is 5.82 Å². The number of allylic oxidation sites excluding steroid dienone is 1. The Morgan fingerprint density at radius 1 is 1.50 bits per heavy atom. The first-order chi connectivity index (χ1) is 2.77. The van der Waals surface area contributed by atoms with Gasteiger partial charge in [0.25, 0.3) is 0 Å². The third kappa shape index (κ3) is 4.09. The molecular weight excluding hydrogens is 99.0 g/mol. The summed E-state index contributed by atoms with van der Waals surface area (Å²) >= 11 is 0. The van der Waals surface area contributed by atoms with E-state index in [0.717, 1.165) is 0 Å². The number of hydrogen-bond donors (Lipinski definition) is 2. The molecule has 0 aromatic rings. The minimum Gasteiger partial charge on any atom is -0.347 e. The molecule has 36 valence electrons. The third-order valence-electron chi connectivity index (χ3n) is 0.282. The second-order valence-corrected chi connectivity index (χ2v) is 1.74. The molecule has 0 spiro atoms. The molecule has 2 nitrogen and oxygen atoms in total. The van der Waals surface area contributed by atoms with Crippen LogP contribution in [0.15, 0.2) is 11.9 Å². The van der Waals surface area contributed by atoms with Crippen LogP contribution < -0.4 is 0 Å². The highest BCUT2D eigenvalue weighted by atomic mass is 31.2. The maximum atomic E-state index is 8.09. The molecule has 0 aliphatic rings. The first-order valence-corrected chi connectivity index (χ1v) is 2.89. The van der Waals surface area contributed by atoms with Crippen LogP contribution in [-0.4, -0.2) is 9.79 Å². The van der Waals surface area contributed by atoms with Crippen LogP contribution in [-0.2, 0) is 0 Å².